The Morgan fingerprint density at radius 2 is 1.64 bits per heavy atom. The van der Waals surface area contributed by atoms with Crippen LogP contribution in [0, 0.1) is 17.0 Å². The van der Waals surface area contributed by atoms with Crippen LogP contribution in [0.25, 0.3) is 0 Å². The van der Waals surface area contributed by atoms with Gasteiger partial charge in [0.15, 0.2) is 0 Å². The van der Waals surface area contributed by atoms with E-state index in [1.54, 1.807) is 6.92 Å². The number of nitrogens with zero attached hydrogens (tertiary/aromatic N) is 3. The molecule has 1 N–H and O–H groups in total. The number of nitrogens with one attached hydrogen (secondary N) is 1. The van der Waals surface area contributed by atoms with Crippen molar-refractivity contribution >= 4 is 33.2 Å². The number of likely N-dealkylation sites (N-methyl/N-ethyl adjacent to an activating group) is 1. The van der Waals surface area contributed by atoms with Crippen molar-refractivity contribution in [2.24, 2.45) is 0 Å². The fraction of sp³-hybridized carbons (Fsp3) is 0.286. The molecule has 39 heavy (non-hydrogen) atoms. The average molecular weight is 553 g/mol. The lowest BCUT2D eigenvalue weighted by Crippen LogP contribution is -2.53. The molecular weight excluding hydrogens is 520 g/mol. The fourth-order valence-corrected chi connectivity index (χ4v) is 5.07. The quantitative estimate of drug-likeness (QED) is 0.271. The summed E-state index contributed by atoms with van der Waals surface area (Å²) in [5.74, 6) is -0.996. The van der Waals surface area contributed by atoms with Gasteiger partial charge in [0, 0.05) is 31.6 Å². The second-order valence-electron chi connectivity index (χ2n) is 9.16. The summed E-state index contributed by atoms with van der Waals surface area (Å²) in [6.45, 7) is 3.45. The first-order valence-electron chi connectivity index (χ1n) is 12.4. The number of nitro groups is 1. The van der Waals surface area contributed by atoms with E-state index < -0.39 is 33.4 Å². The first-order chi connectivity index (χ1) is 18.5. The van der Waals surface area contributed by atoms with Crippen molar-refractivity contribution < 1.29 is 22.9 Å². The molecule has 0 aliphatic carbocycles. The number of sulfonamides is 1. The molecule has 0 unspecified atom stereocenters. The molecule has 0 saturated heterocycles. The second kappa shape index (κ2) is 13.0. The Hall–Kier alpha value is -4.25. The number of anilines is 1. The number of hydrogen-bond donors (Lipinski definition) is 1. The van der Waals surface area contributed by atoms with Gasteiger partial charge in [-0.2, -0.15) is 0 Å². The summed E-state index contributed by atoms with van der Waals surface area (Å²) >= 11 is 0. The minimum Gasteiger partial charge on any atom is -0.355 e. The van der Waals surface area contributed by atoms with Gasteiger partial charge in [0.1, 0.15) is 12.6 Å². The number of carbonyl (C=O) groups excluding carboxylic acids is 2. The summed E-state index contributed by atoms with van der Waals surface area (Å²) in [4.78, 5) is 39.3. The van der Waals surface area contributed by atoms with Crippen LogP contribution < -0.4 is 9.62 Å². The molecule has 0 saturated carbocycles. The van der Waals surface area contributed by atoms with Crippen molar-refractivity contribution in [3.8, 4) is 0 Å². The van der Waals surface area contributed by atoms with Gasteiger partial charge in [-0.3, -0.25) is 24.0 Å². The van der Waals surface area contributed by atoms with Gasteiger partial charge in [0.2, 0.25) is 21.8 Å². The molecule has 0 bridgehead atoms. The minimum absolute atomic E-state index is 0.0202. The third-order valence-electron chi connectivity index (χ3n) is 6.07. The van der Waals surface area contributed by atoms with Gasteiger partial charge in [0.05, 0.1) is 16.9 Å². The Kier molecular flexibility index (Phi) is 9.78. The number of amides is 2. The summed E-state index contributed by atoms with van der Waals surface area (Å²) in [5.41, 5.74) is 2.23. The Morgan fingerprint density at radius 1 is 0.974 bits per heavy atom. The Balaban J connectivity index is 2.06. The standard InChI is InChI=1S/C28H32N4O6S/c1-4-29-28(34)26(17-22-11-6-5-7-12-22)30(19-23-13-8-10-21(2)16-23)27(33)20-31(39(3,37)38)24-14-9-15-25(18-24)32(35)36/h5-16,18,26H,4,17,19-20H2,1-3H3,(H,29,34)/t26-/m1/s1. The van der Waals surface area contributed by atoms with Gasteiger partial charge in [-0.1, -0.05) is 66.2 Å². The van der Waals surface area contributed by atoms with Crippen molar-refractivity contribution in [3.63, 3.8) is 0 Å². The van der Waals surface area contributed by atoms with Crippen LogP contribution in [0.4, 0.5) is 11.4 Å². The highest BCUT2D eigenvalue weighted by molar-refractivity contribution is 7.92. The summed E-state index contributed by atoms with van der Waals surface area (Å²) in [6, 6.07) is 20.9. The van der Waals surface area contributed by atoms with Gasteiger partial charge in [-0.15, -0.1) is 0 Å². The van der Waals surface area contributed by atoms with Crippen molar-refractivity contribution in [2.45, 2.75) is 32.9 Å². The van der Waals surface area contributed by atoms with Crippen LogP contribution in [-0.2, 0) is 32.6 Å². The van der Waals surface area contributed by atoms with Gasteiger partial charge in [0.25, 0.3) is 5.69 Å². The molecule has 10 nitrogen and oxygen atoms in total. The molecule has 0 radical (unpaired) electrons. The van der Waals surface area contributed by atoms with Crippen LogP contribution in [0.15, 0.2) is 78.9 Å². The van der Waals surface area contributed by atoms with Gasteiger partial charge in [-0.05, 0) is 31.0 Å². The molecule has 3 aromatic rings. The highest BCUT2D eigenvalue weighted by Gasteiger charge is 2.33. The zero-order valence-corrected chi connectivity index (χ0v) is 22.9. The molecule has 0 aliphatic rings. The molecule has 3 aromatic carbocycles. The van der Waals surface area contributed by atoms with E-state index in [0.717, 1.165) is 33.3 Å². The molecule has 2 amide bonds. The molecule has 0 aromatic heterocycles. The number of rotatable bonds is 12. The van der Waals surface area contributed by atoms with E-state index in [2.05, 4.69) is 5.32 Å². The smallest absolute Gasteiger partial charge is 0.271 e. The molecular formula is C28H32N4O6S. The monoisotopic (exact) mass is 552 g/mol. The first kappa shape index (κ1) is 29.3. The maximum atomic E-state index is 13.9. The van der Waals surface area contributed by atoms with Crippen LogP contribution >= 0.6 is 0 Å². The SMILES string of the molecule is CCNC(=O)[C@@H](Cc1ccccc1)N(Cc1cccc(C)c1)C(=O)CN(c1cccc([N+](=O)[O-])c1)S(C)(=O)=O. The number of benzene rings is 3. The Morgan fingerprint density at radius 3 is 2.26 bits per heavy atom. The summed E-state index contributed by atoms with van der Waals surface area (Å²) in [5, 5.41) is 14.1. The zero-order chi connectivity index (χ0) is 28.6. The molecule has 0 heterocycles. The third-order valence-corrected chi connectivity index (χ3v) is 7.21. The van der Waals surface area contributed by atoms with Gasteiger partial charge < -0.3 is 10.2 Å². The number of aryl methyl sites for hydroxylation is 1. The lowest BCUT2D eigenvalue weighted by Gasteiger charge is -2.33. The summed E-state index contributed by atoms with van der Waals surface area (Å²) < 4.78 is 26.4. The van der Waals surface area contributed by atoms with Gasteiger partial charge in [-0.25, -0.2) is 8.42 Å². The van der Waals surface area contributed by atoms with E-state index >= 15 is 0 Å². The number of non-ortho nitro benzene ring substituents is 1. The molecule has 3 rings (SSSR count). The maximum absolute atomic E-state index is 13.9. The number of nitro benzene ring substituents is 1. The van der Waals surface area contributed by atoms with Crippen molar-refractivity contribution in [1.29, 1.82) is 0 Å². The van der Waals surface area contributed by atoms with Crippen LogP contribution in [-0.4, -0.2) is 55.4 Å². The highest BCUT2D eigenvalue weighted by Crippen LogP contribution is 2.24. The molecule has 0 aliphatic heterocycles. The van der Waals surface area contributed by atoms with Crippen LogP contribution in [0.3, 0.4) is 0 Å². The zero-order valence-electron chi connectivity index (χ0n) is 22.1. The van der Waals surface area contributed by atoms with Crippen molar-refractivity contribution in [2.75, 3.05) is 23.7 Å². The second-order valence-corrected chi connectivity index (χ2v) is 11.1. The molecule has 0 fully saturated rings. The predicted molar refractivity (Wildman–Crippen MR) is 150 cm³/mol. The predicted octanol–water partition coefficient (Wildman–Crippen LogP) is 3.45. The van der Waals surface area contributed by atoms with E-state index in [1.165, 1.54) is 23.1 Å². The van der Waals surface area contributed by atoms with Crippen molar-refractivity contribution in [1.82, 2.24) is 10.2 Å². The third kappa shape index (κ3) is 8.11. The molecule has 1 atom stereocenters. The normalized spacial score (nSPS) is 11.9. The van der Waals surface area contributed by atoms with Crippen LogP contribution in [0.1, 0.15) is 23.6 Å². The largest absolute Gasteiger partial charge is 0.355 e. The van der Waals surface area contributed by atoms with E-state index in [9.17, 15) is 28.1 Å². The molecule has 11 heteroatoms. The number of carbonyl (C=O) groups is 2. The van der Waals surface area contributed by atoms with E-state index in [1.807, 2.05) is 61.5 Å². The molecule has 206 valence electrons. The highest BCUT2D eigenvalue weighted by atomic mass is 32.2. The van der Waals surface area contributed by atoms with E-state index in [0.29, 0.717) is 6.54 Å². The maximum Gasteiger partial charge on any atom is 0.271 e. The minimum atomic E-state index is -4.02. The van der Waals surface area contributed by atoms with E-state index in [4.69, 9.17) is 0 Å². The fourth-order valence-electron chi connectivity index (χ4n) is 4.23. The Labute approximate surface area is 228 Å². The lowest BCUT2D eigenvalue weighted by atomic mass is 10.0. The van der Waals surface area contributed by atoms with Crippen LogP contribution in [0.5, 0.6) is 0 Å². The molecule has 0 spiro atoms. The van der Waals surface area contributed by atoms with Crippen molar-refractivity contribution in [3.05, 3.63) is 106 Å². The topological polar surface area (TPSA) is 130 Å². The first-order valence-corrected chi connectivity index (χ1v) is 14.2. The summed E-state index contributed by atoms with van der Waals surface area (Å²) in [6.07, 6.45) is 1.13. The Bertz CT molecular complexity index is 1430. The van der Waals surface area contributed by atoms with Crippen LogP contribution in [0.2, 0.25) is 0 Å². The average Bonchev–Trinajstić information content (AvgIpc) is 2.89. The number of hydrogen-bond acceptors (Lipinski definition) is 6. The lowest BCUT2D eigenvalue weighted by molar-refractivity contribution is -0.384. The summed E-state index contributed by atoms with van der Waals surface area (Å²) in [7, 11) is -4.02. The van der Waals surface area contributed by atoms with E-state index in [-0.39, 0.29) is 30.2 Å². The van der Waals surface area contributed by atoms with Gasteiger partial charge >= 0.3 is 0 Å².